The number of aromatic nitrogens is 1. The van der Waals surface area contributed by atoms with Crippen LogP contribution in [0.1, 0.15) is 56.2 Å². The van der Waals surface area contributed by atoms with Gasteiger partial charge in [-0.15, -0.1) is 11.3 Å². The Morgan fingerprint density at radius 1 is 1.30 bits per heavy atom. The number of rotatable bonds is 8. The number of thiazole rings is 1. The summed E-state index contributed by atoms with van der Waals surface area (Å²) in [6, 6.07) is 5.77. The number of nitrogens with one attached hydrogen (secondary N) is 1. The summed E-state index contributed by atoms with van der Waals surface area (Å²) < 4.78 is 11.2. The van der Waals surface area contributed by atoms with E-state index in [0.29, 0.717) is 35.5 Å². The smallest absolute Gasteiger partial charge is 0.245 e. The van der Waals surface area contributed by atoms with Crippen LogP contribution >= 0.6 is 11.3 Å². The Hall–Kier alpha value is -2.61. The van der Waals surface area contributed by atoms with E-state index in [0.717, 1.165) is 11.3 Å². The Kier molecular flexibility index (Phi) is 5.94. The molecule has 1 aromatic carbocycles. The molecule has 4 rings (SSSR count). The topological polar surface area (TPSA) is 80.8 Å². The predicted octanol–water partition coefficient (Wildman–Crippen LogP) is 3.77. The average Bonchev–Trinajstić information content (AvgIpc) is 3.35. The summed E-state index contributed by atoms with van der Waals surface area (Å²) >= 11 is 1.44. The second-order valence-corrected chi connectivity index (χ2v) is 9.01. The van der Waals surface area contributed by atoms with Crippen LogP contribution in [0.15, 0.2) is 23.6 Å². The van der Waals surface area contributed by atoms with Crippen LogP contribution in [-0.2, 0) is 9.59 Å². The molecule has 1 saturated carbocycles. The molecular weight excluding hydrogens is 402 g/mol. The van der Waals surface area contributed by atoms with Crippen molar-refractivity contribution in [3.05, 3.63) is 34.8 Å². The van der Waals surface area contributed by atoms with Crippen LogP contribution in [0.25, 0.3) is 0 Å². The highest BCUT2D eigenvalue weighted by atomic mass is 32.1. The van der Waals surface area contributed by atoms with Crippen molar-refractivity contribution < 1.29 is 19.1 Å². The van der Waals surface area contributed by atoms with Gasteiger partial charge in [-0.25, -0.2) is 4.98 Å². The van der Waals surface area contributed by atoms with Crippen molar-refractivity contribution in [2.24, 2.45) is 0 Å². The molecule has 7 nitrogen and oxygen atoms in total. The monoisotopic (exact) mass is 429 g/mol. The molecule has 1 N–H and O–H groups in total. The minimum Gasteiger partial charge on any atom is -0.493 e. The number of amides is 2. The number of hydrogen-bond donors (Lipinski definition) is 1. The summed E-state index contributed by atoms with van der Waals surface area (Å²) in [7, 11) is 1.61. The molecule has 1 aliphatic heterocycles. The van der Waals surface area contributed by atoms with E-state index in [1.54, 1.807) is 12.0 Å². The van der Waals surface area contributed by atoms with Crippen molar-refractivity contribution in [1.29, 1.82) is 0 Å². The maximum absolute atomic E-state index is 12.5. The van der Waals surface area contributed by atoms with E-state index in [-0.39, 0.29) is 30.4 Å². The second-order valence-electron chi connectivity index (χ2n) is 8.15. The van der Waals surface area contributed by atoms with E-state index in [2.05, 4.69) is 10.3 Å². The van der Waals surface area contributed by atoms with Crippen LogP contribution in [-0.4, -0.2) is 48.0 Å². The molecule has 1 saturated heterocycles. The van der Waals surface area contributed by atoms with Crippen molar-refractivity contribution >= 4 is 28.3 Å². The van der Waals surface area contributed by atoms with Gasteiger partial charge in [0.2, 0.25) is 11.8 Å². The van der Waals surface area contributed by atoms with Crippen molar-refractivity contribution in [3.8, 4) is 11.5 Å². The third-order valence-electron chi connectivity index (χ3n) is 5.33. The zero-order valence-electron chi connectivity index (χ0n) is 17.5. The van der Waals surface area contributed by atoms with Crippen molar-refractivity contribution in [2.75, 3.05) is 25.5 Å². The van der Waals surface area contributed by atoms with E-state index in [1.807, 2.05) is 37.4 Å². The molecule has 8 heteroatoms. The Labute approximate surface area is 180 Å². The van der Waals surface area contributed by atoms with Gasteiger partial charge >= 0.3 is 0 Å². The van der Waals surface area contributed by atoms with Crippen molar-refractivity contribution in [1.82, 2.24) is 9.88 Å². The molecule has 1 aliphatic carbocycles. The lowest BCUT2D eigenvalue weighted by Gasteiger charge is -2.18. The summed E-state index contributed by atoms with van der Waals surface area (Å²) in [4.78, 5) is 31.0. The van der Waals surface area contributed by atoms with Gasteiger partial charge in [0.15, 0.2) is 16.6 Å². The summed E-state index contributed by atoms with van der Waals surface area (Å²) in [5, 5.41) is 5.44. The number of ether oxygens (including phenoxy) is 2. The van der Waals surface area contributed by atoms with Gasteiger partial charge < -0.3 is 19.7 Å². The third kappa shape index (κ3) is 4.75. The van der Waals surface area contributed by atoms with Crippen LogP contribution in [0.4, 0.5) is 5.13 Å². The average molecular weight is 430 g/mol. The Morgan fingerprint density at radius 3 is 2.80 bits per heavy atom. The fourth-order valence-electron chi connectivity index (χ4n) is 3.68. The van der Waals surface area contributed by atoms with Gasteiger partial charge in [-0.2, -0.15) is 0 Å². The first-order chi connectivity index (χ1) is 14.4. The normalized spacial score (nSPS) is 18.7. The minimum absolute atomic E-state index is 0.0184. The first-order valence-corrected chi connectivity index (χ1v) is 11.2. The van der Waals surface area contributed by atoms with E-state index in [4.69, 9.17) is 9.47 Å². The predicted molar refractivity (Wildman–Crippen MR) is 115 cm³/mol. The van der Waals surface area contributed by atoms with Crippen LogP contribution in [0.3, 0.4) is 0 Å². The van der Waals surface area contributed by atoms with Crippen LogP contribution in [0.5, 0.6) is 11.5 Å². The van der Waals surface area contributed by atoms with Crippen LogP contribution in [0, 0.1) is 0 Å². The fraction of sp³-hybridized carbons (Fsp3) is 0.500. The number of carbonyl (C=O) groups excluding carboxylic acids is 2. The number of carbonyl (C=O) groups is 2. The van der Waals surface area contributed by atoms with E-state index < -0.39 is 0 Å². The molecule has 2 aliphatic rings. The van der Waals surface area contributed by atoms with Crippen LogP contribution in [0.2, 0.25) is 0 Å². The lowest BCUT2D eigenvalue weighted by atomic mass is 9.98. The lowest BCUT2D eigenvalue weighted by molar-refractivity contribution is -0.131. The third-order valence-corrected chi connectivity index (χ3v) is 6.11. The first-order valence-electron chi connectivity index (χ1n) is 10.3. The van der Waals surface area contributed by atoms with E-state index in [1.165, 1.54) is 24.2 Å². The molecule has 2 aromatic rings. The highest BCUT2D eigenvalue weighted by Gasteiger charge is 2.32. The highest BCUT2D eigenvalue weighted by Crippen LogP contribution is 2.41. The molecule has 2 fully saturated rings. The molecule has 0 bridgehead atoms. The Balaban J connectivity index is 1.37. The van der Waals surface area contributed by atoms with Crippen molar-refractivity contribution in [2.45, 2.75) is 51.0 Å². The lowest BCUT2D eigenvalue weighted by Crippen LogP contribution is -2.34. The molecule has 2 heterocycles. The van der Waals surface area contributed by atoms with Gasteiger partial charge in [0.05, 0.1) is 25.5 Å². The number of nitrogens with zero attached hydrogens (tertiary/aromatic N) is 2. The molecule has 0 unspecified atom stereocenters. The quantitative estimate of drug-likeness (QED) is 0.691. The maximum atomic E-state index is 12.5. The molecular formula is C22H27N3O4S. The molecule has 1 atom stereocenters. The molecule has 1 aromatic heterocycles. The maximum Gasteiger partial charge on any atom is 0.245 e. The number of benzene rings is 1. The summed E-state index contributed by atoms with van der Waals surface area (Å²) in [5.41, 5.74) is 2.07. The van der Waals surface area contributed by atoms with E-state index in [9.17, 15) is 9.59 Å². The van der Waals surface area contributed by atoms with Crippen molar-refractivity contribution in [3.63, 3.8) is 0 Å². The highest BCUT2D eigenvalue weighted by molar-refractivity contribution is 7.13. The number of anilines is 1. The summed E-state index contributed by atoms with van der Waals surface area (Å²) in [5.74, 6) is 1.69. The van der Waals surface area contributed by atoms with Gasteiger partial charge in [-0.05, 0) is 44.4 Å². The zero-order valence-corrected chi connectivity index (χ0v) is 18.3. The van der Waals surface area contributed by atoms with Gasteiger partial charge in [0.25, 0.3) is 0 Å². The molecule has 160 valence electrons. The molecule has 0 spiro atoms. The van der Waals surface area contributed by atoms with E-state index >= 15 is 0 Å². The SMILES string of the molecule is COc1ccc([C@@H]2CC(=O)N(CC(=O)Nc3nc(C4CC4)cs3)C2)cc1OC(C)C. The number of likely N-dealkylation sites (tertiary alicyclic amines) is 1. The summed E-state index contributed by atoms with van der Waals surface area (Å²) in [6.07, 6.45) is 2.75. The molecule has 30 heavy (non-hydrogen) atoms. The Morgan fingerprint density at radius 2 is 2.10 bits per heavy atom. The number of methoxy groups -OCH3 is 1. The van der Waals surface area contributed by atoms with Gasteiger partial charge in [-0.3, -0.25) is 9.59 Å². The van der Waals surface area contributed by atoms with Gasteiger partial charge in [0, 0.05) is 30.2 Å². The molecule has 0 radical (unpaired) electrons. The fourth-order valence-corrected chi connectivity index (χ4v) is 4.49. The van der Waals surface area contributed by atoms with Gasteiger partial charge in [-0.1, -0.05) is 6.07 Å². The Bertz CT molecular complexity index is 938. The summed E-state index contributed by atoms with van der Waals surface area (Å²) in [6.45, 7) is 4.47. The standard InChI is InChI=1S/C22H27N3O4S/c1-13(2)29-19-8-15(6-7-18(19)28-3)16-9-21(27)25(10-16)11-20(26)24-22-23-17(12-30-22)14-4-5-14/h6-8,12-14,16H,4-5,9-11H2,1-3H3,(H,23,24,26)/t16-/m1/s1. The first kappa shape index (κ1) is 20.7. The largest absolute Gasteiger partial charge is 0.493 e. The number of hydrogen-bond acceptors (Lipinski definition) is 6. The zero-order chi connectivity index (χ0) is 21.3. The van der Waals surface area contributed by atoms with Crippen LogP contribution < -0.4 is 14.8 Å². The molecule has 2 amide bonds. The minimum atomic E-state index is -0.209. The second kappa shape index (κ2) is 8.63. The van der Waals surface area contributed by atoms with Gasteiger partial charge in [0.1, 0.15) is 0 Å².